The number of hydrogen-bond acceptors (Lipinski definition) is 2. The van der Waals surface area contributed by atoms with E-state index in [-0.39, 0.29) is 11.5 Å². The second kappa shape index (κ2) is 5.71. The van der Waals surface area contributed by atoms with Gasteiger partial charge in [-0.3, -0.25) is 4.99 Å². The first kappa shape index (κ1) is 14.3. The average molecular weight is 241 g/mol. The minimum atomic E-state index is -0.203. The van der Waals surface area contributed by atoms with Crippen LogP contribution < -0.4 is 0 Å². The molecule has 0 heterocycles. The van der Waals surface area contributed by atoms with Crippen LogP contribution in [0.25, 0.3) is 0 Å². The van der Waals surface area contributed by atoms with Gasteiger partial charge in [-0.05, 0) is 12.8 Å². The average Bonchev–Trinajstić information content (AvgIpc) is 2.22. The fraction of sp³-hybridized carbons (Fsp3) is 0.923. The highest BCUT2D eigenvalue weighted by atomic mass is 16.3. The molecule has 2 unspecified atom stereocenters. The number of aliphatic imine (C=N–C) groups is 1. The number of aliphatic hydroxyl groups is 1. The molecule has 0 aromatic rings. The maximum absolute atomic E-state index is 10.1. The van der Waals surface area contributed by atoms with E-state index in [2.05, 4.69) is 11.9 Å². The van der Waals surface area contributed by atoms with Crippen LogP contribution in [0.5, 0.6) is 0 Å². The highest BCUT2D eigenvalue weighted by Crippen LogP contribution is 2.36. The van der Waals surface area contributed by atoms with Gasteiger partial charge in [-0.2, -0.15) is 0 Å². The number of rotatable bonds is 2. The van der Waals surface area contributed by atoms with Crippen LogP contribution in [0, 0.1) is 5.41 Å². The molecule has 1 aliphatic rings. The molecule has 1 rings (SSSR count). The van der Waals surface area contributed by atoms with Crippen LogP contribution >= 0.6 is 0 Å². The molecule has 0 saturated heterocycles. The summed E-state index contributed by atoms with van der Waals surface area (Å²) in [6.07, 6.45) is 4.15. The predicted molar refractivity (Wildman–Crippen MR) is 72.3 cm³/mol. The molecule has 0 aromatic heterocycles. The summed E-state index contributed by atoms with van der Waals surface area (Å²) in [6, 6.07) is 0. The van der Waals surface area contributed by atoms with Crippen molar-refractivity contribution in [2.75, 3.05) is 34.7 Å². The van der Waals surface area contributed by atoms with Crippen LogP contribution in [0.15, 0.2) is 4.99 Å². The Bertz CT molecular complexity index is 266. The van der Waals surface area contributed by atoms with Crippen molar-refractivity contribution in [3.8, 4) is 0 Å². The Balaban J connectivity index is 2.72. The Morgan fingerprint density at radius 2 is 1.82 bits per heavy atom. The second-order valence-electron chi connectivity index (χ2n) is 5.82. The normalized spacial score (nSPS) is 28.7. The van der Waals surface area contributed by atoms with E-state index in [4.69, 9.17) is 0 Å². The van der Waals surface area contributed by atoms with Crippen molar-refractivity contribution in [3.63, 3.8) is 0 Å². The Kier molecular flexibility index (Phi) is 4.80. The lowest BCUT2D eigenvalue weighted by atomic mass is 9.73. The van der Waals surface area contributed by atoms with Gasteiger partial charge in [-0.25, -0.2) is 0 Å². The fourth-order valence-corrected chi connectivity index (χ4v) is 2.50. The molecule has 4 heteroatoms. The molecule has 0 aliphatic heterocycles. The van der Waals surface area contributed by atoms with E-state index < -0.39 is 0 Å². The zero-order valence-corrected chi connectivity index (χ0v) is 11.9. The van der Waals surface area contributed by atoms with Gasteiger partial charge in [-0.15, -0.1) is 0 Å². The van der Waals surface area contributed by atoms with Gasteiger partial charge in [0, 0.05) is 33.6 Å². The van der Waals surface area contributed by atoms with E-state index in [0.29, 0.717) is 6.54 Å². The van der Waals surface area contributed by atoms with Crippen LogP contribution in [0.3, 0.4) is 0 Å². The third kappa shape index (κ3) is 3.60. The molecule has 1 saturated carbocycles. The van der Waals surface area contributed by atoms with E-state index in [1.165, 1.54) is 6.42 Å². The molecule has 1 N–H and O–H groups in total. The molecule has 100 valence electrons. The van der Waals surface area contributed by atoms with Crippen molar-refractivity contribution in [3.05, 3.63) is 0 Å². The number of guanidine groups is 1. The van der Waals surface area contributed by atoms with Crippen LogP contribution in [0.4, 0.5) is 0 Å². The molecule has 0 aromatic carbocycles. The Labute approximate surface area is 105 Å². The number of aliphatic hydroxyl groups excluding tert-OH is 1. The Morgan fingerprint density at radius 1 is 1.24 bits per heavy atom. The standard InChI is InChI=1S/C13H27N3O/c1-13(9-7-6-8-11(13)17)10-14-12(15(2)3)16(4)5/h11,17H,6-10H2,1-5H3. The van der Waals surface area contributed by atoms with Crippen LogP contribution in [0.2, 0.25) is 0 Å². The molecular formula is C13H27N3O. The quantitative estimate of drug-likeness (QED) is 0.587. The van der Waals surface area contributed by atoms with Gasteiger partial charge in [0.2, 0.25) is 0 Å². The van der Waals surface area contributed by atoms with E-state index in [1.54, 1.807) is 0 Å². The van der Waals surface area contributed by atoms with E-state index >= 15 is 0 Å². The summed E-state index contributed by atoms with van der Waals surface area (Å²) < 4.78 is 0. The van der Waals surface area contributed by atoms with E-state index in [0.717, 1.165) is 25.2 Å². The molecule has 0 radical (unpaired) electrons. The molecule has 2 atom stereocenters. The highest BCUT2D eigenvalue weighted by molar-refractivity contribution is 5.79. The van der Waals surface area contributed by atoms with Crippen molar-refractivity contribution < 1.29 is 5.11 Å². The van der Waals surface area contributed by atoms with Gasteiger partial charge in [-0.1, -0.05) is 19.8 Å². The van der Waals surface area contributed by atoms with Crippen molar-refractivity contribution in [1.29, 1.82) is 0 Å². The summed E-state index contributed by atoms with van der Waals surface area (Å²) in [7, 11) is 7.99. The van der Waals surface area contributed by atoms with E-state index in [9.17, 15) is 5.11 Å². The first-order valence-electron chi connectivity index (χ1n) is 6.44. The van der Waals surface area contributed by atoms with Gasteiger partial charge < -0.3 is 14.9 Å². The number of hydrogen-bond donors (Lipinski definition) is 1. The molecule has 1 aliphatic carbocycles. The summed E-state index contributed by atoms with van der Waals surface area (Å²) in [5.74, 6) is 0.962. The fourth-order valence-electron chi connectivity index (χ4n) is 2.50. The Morgan fingerprint density at radius 3 is 2.29 bits per heavy atom. The zero-order valence-electron chi connectivity index (χ0n) is 11.9. The number of nitrogens with zero attached hydrogens (tertiary/aromatic N) is 3. The second-order valence-corrected chi connectivity index (χ2v) is 5.82. The van der Waals surface area contributed by atoms with Gasteiger partial charge >= 0.3 is 0 Å². The lowest BCUT2D eigenvalue weighted by Gasteiger charge is -2.37. The minimum absolute atomic E-state index is 0.0461. The molecule has 0 spiro atoms. The van der Waals surface area contributed by atoms with Gasteiger partial charge in [0.05, 0.1) is 12.6 Å². The largest absolute Gasteiger partial charge is 0.392 e. The van der Waals surface area contributed by atoms with Gasteiger partial charge in [0.25, 0.3) is 0 Å². The third-order valence-electron chi connectivity index (χ3n) is 3.66. The summed E-state index contributed by atoms with van der Waals surface area (Å²) in [5.41, 5.74) is -0.0461. The lowest BCUT2D eigenvalue weighted by Crippen LogP contribution is -2.41. The predicted octanol–water partition coefficient (Wildman–Crippen LogP) is 1.41. The molecular weight excluding hydrogens is 214 g/mol. The Hall–Kier alpha value is -0.770. The first-order chi connectivity index (χ1) is 7.87. The zero-order chi connectivity index (χ0) is 13.1. The van der Waals surface area contributed by atoms with Crippen molar-refractivity contribution in [2.24, 2.45) is 10.4 Å². The topological polar surface area (TPSA) is 39.1 Å². The van der Waals surface area contributed by atoms with Crippen molar-refractivity contribution in [2.45, 2.75) is 38.7 Å². The van der Waals surface area contributed by atoms with Gasteiger partial charge in [0.1, 0.15) is 0 Å². The highest BCUT2D eigenvalue weighted by Gasteiger charge is 2.35. The maximum atomic E-state index is 10.1. The van der Waals surface area contributed by atoms with Gasteiger partial charge in [0.15, 0.2) is 5.96 Å². The minimum Gasteiger partial charge on any atom is -0.392 e. The lowest BCUT2D eigenvalue weighted by molar-refractivity contribution is 0.00697. The van der Waals surface area contributed by atoms with Crippen molar-refractivity contribution >= 4 is 5.96 Å². The molecule has 4 nitrogen and oxygen atoms in total. The molecule has 0 amide bonds. The maximum Gasteiger partial charge on any atom is 0.195 e. The SMILES string of the molecule is CN(C)C(=NCC1(C)CCCCC1O)N(C)C. The first-order valence-corrected chi connectivity index (χ1v) is 6.44. The molecule has 17 heavy (non-hydrogen) atoms. The van der Waals surface area contributed by atoms with Crippen LogP contribution in [0.1, 0.15) is 32.6 Å². The summed E-state index contributed by atoms with van der Waals surface area (Å²) in [4.78, 5) is 8.70. The molecule has 0 bridgehead atoms. The van der Waals surface area contributed by atoms with Crippen LogP contribution in [-0.2, 0) is 0 Å². The van der Waals surface area contributed by atoms with Crippen molar-refractivity contribution in [1.82, 2.24) is 9.80 Å². The monoisotopic (exact) mass is 241 g/mol. The third-order valence-corrected chi connectivity index (χ3v) is 3.66. The van der Waals surface area contributed by atoms with Crippen LogP contribution in [-0.4, -0.2) is 61.7 Å². The van der Waals surface area contributed by atoms with E-state index in [1.807, 2.05) is 38.0 Å². The summed E-state index contributed by atoms with van der Waals surface area (Å²) in [5, 5.41) is 10.1. The smallest absolute Gasteiger partial charge is 0.195 e. The molecule has 1 fully saturated rings. The summed E-state index contributed by atoms with van der Waals surface area (Å²) >= 11 is 0. The summed E-state index contributed by atoms with van der Waals surface area (Å²) in [6.45, 7) is 2.86.